The molecule has 18 heavy (non-hydrogen) atoms. The van der Waals surface area contributed by atoms with Crippen molar-refractivity contribution in [2.24, 2.45) is 17.1 Å². The topological polar surface area (TPSA) is 70.8 Å². The molecule has 5 nitrogen and oxygen atoms in total. The number of nitrogens with one attached hydrogen (secondary N) is 1. The van der Waals surface area contributed by atoms with Gasteiger partial charge in [-0.2, -0.15) is 4.98 Å². The molecule has 1 aliphatic rings. The average Bonchev–Trinajstić information content (AvgIpc) is 2.68. The molecule has 1 aliphatic heterocycles. The maximum atomic E-state index is 6.11. The van der Waals surface area contributed by atoms with Gasteiger partial charge in [0.2, 0.25) is 5.95 Å². The van der Waals surface area contributed by atoms with Crippen LogP contribution in [0.4, 0.5) is 5.95 Å². The predicted octanol–water partition coefficient (Wildman–Crippen LogP) is 1.57. The first-order valence-electron chi connectivity index (χ1n) is 6.77. The summed E-state index contributed by atoms with van der Waals surface area (Å²) in [6, 6.07) is 0.225. The number of nitrogens with zero attached hydrogens (tertiary/aromatic N) is 3. The Labute approximate surface area is 109 Å². The van der Waals surface area contributed by atoms with E-state index in [1.807, 2.05) is 0 Å². The summed E-state index contributed by atoms with van der Waals surface area (Å²) >= 11 is 0. The Kier molecular flexibility index (Phi) is 3.61. The van der Waals surface area contributed by atoms with E-state index >= 15 is 0 Å². The van der Waals surface area contributed by atoms with Crippen LogP contribution in [-0.2, 0) is 6.42 Å². The van der Waals surface area contributed by atoms with E-state index < -0.39 is 0 Å². The van der Waals surface area contributed by atoms with Crippen molar-refractivity contribution >= 4 is 5.95 Å². The second kappa shape index (κ2) is 4.88. The smallest absolute Gasteiger partial charge is 0.244 e. The molecule has 2 heterocycles. The Morgan fingerprint density at radius 1 is 1.44 bits per heavy atom. The third-order valence-electron chi connectivity index (χ3n) is 3.52. The van der Waals surface area contributed by atoms with Gasteiger partial charge >= 0.3 is 0 Å². The highest BCUT2D eigenvalue weighted by Gasteiger charge is 2.25. The van der Waals surface area contributed by atoms with E-state index in [1.54, 1.807) is 0 Å². The van der Waals surface area contributed by atoms with Crippen LogP contribution in [0.2, 0.25) is 0 Å². The number of nitrogens with two attached hydrogens (primary N) is 1. The highest BCUT2D eigenvalue weighted by atomic mass is 15.4. The molecule has 1 fully saturated rings. The van der Waals surface area contributed by atoms with E-state index in [4.69, 9.17) is 5.73 Å². The quantitative estimate of drug-likeness (QED) is 0.837. The Morgan fingerprint density at radius 2 is 2.17 bits per heavy atom. The molecule has 2 atom stereocenters. The highest BCUT2D eigenvalue weighted by molar-refractivity contribution is 5.30. The van der Waals surface area contributed by atoms with E-state index in [2.05, 4.69) is 47.8 Å². The molecule has 1 aromatic heterocycles. The lowest BCUT2D eigenvalue weighted by Gasteiger charge is -2.34. The lowest BCUT2D eigenvalue weighted by Crippen LogP contribution is -2.48. The minimum atomic E-state index is 0.225. The summed E-state index contributed by atoms with van der Waals surface area (Å²) in [7, 11) is 0. The first-order valence-corrected chi connectivity index (χ1v) is 6.77. The van der Waals surface area contributed by atoms with Crippen LogP contribution < -0.4 is 10.6 Å². The fourth-order valence-electron chi connectivity index (χ4n) is 2.29. The predicted molar refractivity (Wildman–Crippen MR) is 73.5 cm³/mol. The van der Waals surface area contributed by atoms with Crippen LogP contribution in [0.5, 0.6) is 0 Å². The van der Waals surface area contributed by atoms with Crippen molar-refractivity contribution < 1.29 is 0 Å². The SMILES string of the molecule is CC1CCN(c2n[nH]c(CC(C)(C)C)n2)CC1N. The monoisotopic (exact) mass is 251 g/mol. The van der Waals surface area contributed by atoms with Crippen LogP contribution in [-0.4, -0.2) is 34.3 Å². The van der Waals surface area contributed by atoms with Crippen molar-refractivity contribution in [2.75, 3.05) is 18.0 Å². The Hall–Kier alpha value is -1.10. The van der Waals surface area contributed by atoms with E-state index in [-0.39, 0.29) is 11.5 Å². The summed E-state index contributed by atoms with van der Waals surface area (Å²) in [5.41, 5.74) is 6.33. The molecule has 0 aliphatic carbocycles. The molecule has 0 spiro atoms. The van der Waals surface area contributed by atoms with Gasteiger partial charge in [-0.1, -0.05) is 27.7 Å². The molecule has 2 unspecified atom stereocenters. The summed E-state index contributed by atoms with van der Waals surface area (Å²) in [5, 5.41) is 7.36. The van der Waals surface area contributed by atoms with Gasteiger partial charge in [0.1, 0.15) is 5.82 Å². The zero-order valence-corrected chi connectivity index (χ0v) is 11.9. The Bertz CT molecular complexity index is 392. The van der Waals surface area contributed by atoms with Crippen LogP contribution in [0, 0.1) is 11.3 Å². The van der Waals surface area contributed by atoms with E-state index in [0.29, 0.717) is 5.92 Å². The van der Waals surface area contributed by atoms with Crippen LogP contribution in [0.1, 0.15) is 39.9 Å². The third-order valence-corrected chi connectivity index (χ3v) is 3.52. The standard InChI is InChI=1S/C13H25N5/c1-9-5-6-18(8-10(9)14)12-15-11(16-17-12)7-13(2,3)4/h9-10H,5-8,14H2,1-4H3,(H,15,16,17). The van der Waals surface area contributed by atoms with Crippen molar-refractivity contribution in [1.82, 2.24) is 15.2 Å². The van der Waals surface area contributed by atoms with E-state index in [0.717, 1.165) is 37.7 Å². The van der Waals surface area contributed by atoms with Gasteiger partial charge in [0, 0.05) is 25.6 Å². The number of piperidine rings is 1. The van der Waals surface area contributed by atoms with Gasteiger partial charge in [-0.15, -0.1) is 5.10 Å². The fraction of sp³-hybridized carbons (Fsp3) is 0.846. The molecule has 0 saturated carbocycles. The molecule has 0 amide bonds. The van der Waals surface area contributed by atoms with E-state index in [9.17, 15) is 0 Å². The van der Waals surface area contributed by atoms with Crippen molar-refractivity contribution in [3.63, 3.8) is 0 Å². The van der Waals surface area contributed by atoms with Gasteiger partial charge in [-0.05, 0) is 17.8 Å². The summed E-state index contributed by atoms with van der Waals surface area (Å²) in [5.74, 6) is 2.36. The third kappa shape index (κ3) is 3.22. The zero-order valence-electron chi connectivity index (χ0n) is 11.9. The van der Waals surface area contributed by atoms with Gasteiger partial charge in [0.15, 0.2) is 0 Å². The molecule has 3 N–H and O–H groups in total. The minimum Gasteiger partial charge on any atom is -0.338 e. The first-order chi connectivity index (χ1) is 8.35. The molecular weight excluding hydrogens is 226 g/mol. The van der Waals surface area contributed by atoms with Crippen molar-refractivity contribution in [3.8, 4) is 0 Å². The van der Waals surface area contributed by atoms with Gasteiger partial charge in [0.25, 0.3) is 0 Å². The molecule has 0 bridgehead atoms. The Balaban J connectivity index is 2.02. The normalized spacial score (nSPS) is 25.5. The molecule has 102 valence electrons. The number of hydrogen-bond donors (Lipinski definition) is 2. The van der Waals surface area contributed by atoms with Crippen molar-refractivity contribution in [2.45, 2.75) is 46.6 Å². The van der Waals surface area contributed by atoms with Crippen LogP contribution >= 0.6 is 0 Å². The molecule has 5 heteroatoms. The van der Waals surface area contributed by atoms with Crippen molar-refractivity contribution in [3.05, 3.63) is 5.82 Å². The molecular formula is C13H25N5. The summed E-state index contributed by atoms with van der Waals surface area (Å²) in [6.45, 7) is 10.7. The molecule has 0 aromatic carbocycles. The summed E-state index contributed by atoms with van der Waals surface area (Å²) in [6.07, 6.45) is 2.03. The van der Waals surface area contributed by atoms with Crippen LogP contribution in [0.25, 0.3) is 0 Å². The summed E-state index contributed by atoms with van der Waals surface area (Å²) in [4.78, 5) is 6.77. The lowest BCUT2D eigenvalue weighted by molar-refractivity contribution is 0.376. The second-order valence-corrected chi connectivity index (χ2v) is 6.70. The Morgan fingerprint density at radius 3 is 2.78 bits per heavy atom. The number of H-pyrrole nitrogens is 1. The number of anilines is 1. The van der Waals surface area contributed by atoms with Crippen LogP contribution in [0.3, 0.4) is 0 Å². The van der Waals surface area contributed by atoms with Gasteiger partial charge in [0.05, 0.1) is 0 Å². The molecule has 2 rings (SSSR count). The first kappa shape index (κ1) is 13.3. The average molecular weight is 251 g/mol. The second-order valence-electron chi connectivity index (χ2n) is 6.70. The van der Waals surface area contributed by atoms with Gasteiger partial charge in [-0.3, -0.25) is 5.10 Å². The maximum absolute atomic E-state index is 6.11. The fourth-order valence-corrected chi connectivity index (χ4v) is 2.29. The van der Waals surface area contributed by atoms with Crippen molar-refractivity contribution in [1.29, 1.82) is 0 Å². The number of rotatable bonds is 2. The summed E-state index contributed by atoms with van der Waals surface area (Å²) < 4.78 is 0. The largest absolute Gasteiger partial charge is 0.338 e. The lowest BCUT2D eigenvalue weighted by atomic mass is 9.92. The molecule has 1 saturated heterocycles. The zero-order chi connectivity index (χ0) is 13.3. The number of hydrogen-bond acceptors (Lipinski definition) is 4. The van der Waals surface area contributed by atoms with E-state index in [1.165, 1.54) is 0 Å². The molecule has 1 aromatic rings. The minimum absolute atomic E-state index is 0.225. The molecule has 0 radical (unpaired) electrons. The number of aromatic amines is 1. The van der Waals surface area contributed by atoms with Gasteiger partial charge in [-0.25, -0.2) is 0 Å². The highest BCUT2D eigenvalue weighted by Crippen LogP contribution is 2.22. The number of aromatic nitrogens is 3. The maximum Gasteiger partial charge on any atom is 0.244 e. The van der Waals surface area contributed by atoms with Crippen LogP contribution in [0.15, 0.2) is 0 Å². The van der Waals surface area contributed by atoms with Gasteiger partial charge < -0.3 is 10.6 Å².